The average molecular weight is 133 g/mol. The Labute approximate surface area is 54.3 Å². The van der Waals surface area contributed by atoms with Crippen LogP contribution >= 0.6 is 11.8 Å². The molecule has 0 rings (SSSR count). The van der Waals surface area contributed by atoms with Crippen LogP contribution in [0, 0.1) is 0 Å². The molecule has 0 aliphatic rings. The van der Waals surface area contributed by atoms with E-state index in [2.05, 4.69) is 11.9 Å². The normalized spacial score (nSPS) is 11.6. The largest absolute Gasteiger partial charge is 0.476 e. The molecule has 0 bridgehead atoms. The van der Waals surface area contributed by atoms with Crippen molar-refractivity contribution in [1.82, 2.24) is 0 Å². The van der Waals surface area contributed by atoms with Gasteiger partial charge in [0.15, 0.2) is 0 Å². The lowest BCUT2D eigenvalue weighted by Crippen LogP contribution is -1.94. The van der Waals surface area contributed by atoms with Crippen LogP contribution in [0.15, 0.2) is 4.99 Å². The third kappa shape index (κ3) is 2.91. The van der Waals surface area contributed by atoms with Crippen LogP contribution in [0.25, 0.3) is 0 Å². The molecular formula is C5H11NOS. The summed E-state index contributed by atoms with van der Waals surface area (Å²) >= 11 is 1.60. The summed E-state index contributed by atoms with van der Waals surface area (Å²) in [5, 5.41) is 0.757. The number of methoxy groups -OCH3 is 1. The van der Waals surface area contributed by atoms with Gasteiger partial charge in [-0.15, -0.1) is 0 Å². The number of thioether (sulfide) groups is 1. The van der Waals surface area contributed by atoms with Crippen LogP contribution in [0.2, 0.25) is 0 Å². The summed E-state index contributed by atoms with van der Waals surface area (Å²) in [6.07, 6.45) is 0. The summed E-state index contributed by atoms with van der Waals surface area (Å²) in [5.74, 6) is 1.01. The second-order valence-corrected chi connectivity index (χ2v) is 2.34. The van der Waals surface area contributed by atoms with E-state index < -0.39 is 0 Å². The zero-order valence-electron chi connectivity index (χ0n) is 5.47. The van der Waals surface area contributed by atoms with E-state index in [1.54, 1.807) is 25.9 Å². The van der Waals surface area contributed by atoms with Crippen LogP contribution in [-0.4, -0.2) is 25.1 Å². The number of hydrogen-bond acceptors (Lipinski definition) is 3. The summed E-state index contributed by atoms with van der Waals surface area (Å²) in [6.45, 7) is 2.06. The van der Waals surface area contributed by atoms with Crippen molar-refractivity contribution in [3.8, 4) is 0 Å². The summed E-state index contributed by atoms with van der Waals surface area (Å²) in [7, 11) is 3.35. The van der Waals surface area contributed by atoms with Gasteiger partial charge in [0, 0.05) is 7.05 Å². The van der Waals surface area contributed by atoms with Crippen LogP contribution in [0.4, 0.5) is 0 Å². The van der Waals surface area contributed by atoms with Crippen molar-refractivity contribution in [2.45, 2.75) is 6.92 Å². The van der Waals surface area contributed by atoms with Crippen molar-refractivity contribution in [2.75, 3.05) is 19.9 Å². The van der Waals surface area contributed by atoms with Gasteiger partial charge in [0.05, 0.1) is 7.11 Å². The number of hydrogen-bond donors (Lipinski definition) is 0. The van der Waals surface area contributed by atoms with Crippen molar-refractivity contribution in [3.05, 3.63) is 0 Å². The Morgan fingerprint density at radius 3 is 2.50 bits per heavy atom. The van der Waals surface area contributed by atoms with Gasteiger partial charge < -0.3 is 4.74 Å². The molecule has 0 amide bonds. The fourth-order valence-corrected chi connectivity index (χ4v) is 0.832. The van der Waals surface area contributed by atoms with Gasteiger partial charge in [-0.1, -0.05) is 18.7 Å². The molecule has 0 aliphatic heterocycles. The first-order chi connectivity index (χ1) is 3.85. The van der Waals surface area contributed by atoms with E-state index in [4.69, 9.17) is 4.74 Å². The monoisotopic (exact) mass is 133 g/mol. The predicted octanol–water partition coefficient (Wildman–Crippen LogP) is 1.37. The zero-order chi connectivity index (χ0) is 6.41. The molecule has 48 valence electrons. The van der Waals surface area contributed by atoms with Gasteiger partial charge in [0.1, 0.15) is 0 Å². The smallest absolute Gasteiger partial charge is 0.245 e. The number of aliphatic imine (C=N–C) groups is 1. The fourth-order valence-electron chi connectivity index (χ4n) is 0.338. The van der Waals surface area contributed by atoms with Gasteiger partial charge >= 0.3 is 0 Å². The maximum Gasteiger partial charge on any atom is 0.245 e. The molecule has 2 nitrogen and oxygen atoms in total. The highest BCUT2D eigenvalue weighted by Gasteiger charge is 1.90. The minimum atomic E-state index is 0.757. The van der Waals surface area contributed by atoms with E-state index in [9.17, 15) is 0 Å². The van der Waals surface area contributed by atoms with Crippen molar-refractivity contribution < 1.29 is 4.74 Å². The summed E-state index contributed by atoms with van der Waals surface area (Å²) in [6, 6.07) is 0. The Kier molecular flexibility index (Phi) is 4.85. The second-order valence-electron chi connectivity index (χ2n) is 1.13. The quantitative estimate of drug-likeness (QED) is 0.398. The fraction of sp³-hybridized carbons (Fsp3) is 0.800. The molecule has 0 aromatic rings. The van der Waals surface area contributed by atoms with Crippen molar-refractivity contribution >= 4 is 17.0 Å². The SMILES string of the molecule is CCSC(=NC)OC. The van der Waals surface area contributed by atoms with Crippen molar-refractivity contribution in [3.63, 3.8) is 0 Å². The number of nitrogens with zero attached hydrogens (tertiary/aromatic N) is 1. The Balaban J connectivity index is 3.38. The van der Waals surface area contributed by atoms with Crippen LogP contribution < -0.4 is 0 Å². The van der Waals surface area contributed by atoms with Crippen LogP contribution in [0.1, 0.15) is 6.92 Å². The van der Waals surface area contributed by atoms with E-state index in [1.165, 1.54) is 0 Å². The zero-order valence-corrected chi connectivity index (χ0v) is 6.29. The molecular weight excluding hydrogens is 122 g/mol. The Morgan fingerprint density at radius 2 is 2.38 bits per heavy atom. The van der Waals surface area contributed by atoms with Crippen LogP contribution in [0.3, 0.4) is 0 Å². The van der Waals surface area contributed by atoms with Crippen LogP contribution in [-0.2, 0) is 4.74 Å². The van der Waals surface area contributed by atoms with Gasteiger partial charge in [-0.25, -0.2) is 4.99 Å². The lowest BCUT2D eigenvalue weighted by Gasteiger charge is -1.97. The van der Waals surface area contributed by atoms with E-state index in [-0.39, 0.29) is 0 Å². The minimum Gasteiger partial charge on any atom is -0.476 e. The molecule has 0 saturated carbocycles. The predicted molar refractivity (Wildman–Crippen MR) is 38.5 cm³/mol. The maximum absolute atomic E-state index is 4.85. The van der Waals surface area contributed by atoms with E-state index in [1.807, 2.05) is 0 Å². The first-order valence-electron chi connectivity index (χ1n) is 2.48. The molecule has 0 saturated heterocycles. The average Bonchev–Trinajstić information content (AvgIpc) is 1.83. The molecule has 0 aliphatic carbocycles. The van der Waals surface area contributed by atoms with Crippen molar-refractivity contribution in [1.29, 1.82) is 0 Å². The topological polar surface area (TPSA) is 21.6 Å². The van der Waals surface area contributed by atoms with Gasteiger partial charge in [0.25, 0.3) is 0 Å². The van der Waals surface area contributed by atoms with Gasteiger partial charge in [-0.05, 0) is 5.75 Å². The second kappa shape index (κ2) is 4.97. The minimum absolute atomic E-state index is 0.757. The van der Waals surface area contributed by atoms with E-state index >= 15 is 0 Å². The summed E-state index contributed by atoms with van der Waals surface area (Å²) in [5.41, 5.74) is 0. The molecule has 0 radical (unpaired) electrons. The molecule has 0 N–H and O–H groups in total. The first kappa shape index (κ1) is 7.82. The molecule has 0 fully saturated rings. The third-order valence-electron chi connectivity index (χ3n) is 0.625. The Bertz CT molecular complexity index is 82.5. The van der Waals surface area contributed by atoms with E-state index in [0.717, 1.165) is 11.0 Å². The van der Waals surface area contributed by atoms with Crippen LogP contribution in [0.5, 0.6) is 0 Å². The van der Waals surface area contributed by atoms with Gasteiger partial charge in [-0.3, -0.25) is 0 Å². The Hall–Kier alpha value is -0.180. The van der Waals surface area contributed by atoms with E-state index in [0.29, 0.717) is 0 Å². The first-order valence-corrected chi connectivity index (χ1v) is 3.47. The molecule has 0 unspecified atom stereocenters. The van der Waals surface area contributed by atoms with Gasteiger partial charge in [0.2, 0.25) is 5.23 Å². The molecule has 0 atom stereocenters. The summed E-state index contributed by atoms with van der Waals surface area (Å²) < 4.78 is 4.85. The lowest BCUT2D eigenvalue weighted by molar-refractivity contribution is 0.415. The van der Waals surface area contributed by atoms with Gasteiger partial charge in [-0.2, -0.15) is 0 Å². The molecule has 0 spiro atoms. The summed E-state index contributed by atoms with van der Waals surface area (Å²) in [4.78, 5) is 3.85. The number of ether oxygens (including phenoxy) is 1. The molecule has 0 aromatic heterocycles. The third-order valence-corrected chi connectivity index (χ3v) is 1.51. The highest BCUT2D eigenvalue weighted by atomic mass is 32.2. The maximum atomic E-state index is 4.85. The molecule has 0 heterocycles. The highest BCUT2D eigenvalue weighted by Crippen LogP contribution is 2.01. The standard InChI is InChI=1S/C5H11NOS/c1-4-8-5(6-2)7-3/h4H2,1-3H3. The Morgan fingerprint density at radius 1 is 1.75 bits per heavy atom. The number of rotatable bonds is 1. The molecule has 0 aromatic carbocycles. The molecule has 8 heavy (non-hydrogen) atoms. The molecule has 3 heteroatoms. The lowest BCUT2D eigenvalue weighted by atomic mass is 11.0. The highest BCUT2D eigenvalue weighted by molar-refractivity contribution is 8.13. The van der Waals surface area contributed by atoms with Crippen molar-refractivity contribution in [2.24, 2.45) is 4.99 Å².